The summed E-state index contributed by atoms with van der Waals surface area (Å²) in [6, 6.07) is 0. The van der Waals surface area contributed by atoms with Crippen LogP contribution in [-0.2, 0) is 14.3 Å². The molecule has 18 heavy (non-hydrogen) atoms. The van der Waals surface area contributed by atoms with Crippen LogP contribution in [0.4, 0.5) is 0 Å². The van der Waals surface area contributed by atoms with Gasteiger partial charge in [-0.25, -0.2) is 0 Å². The fraction of sp³-hybridized carbons (Fsp3) is 0.714. The SMILES string of the molecule is CCCCN1C(=O)[C@@H]2[C@H](C1=O)[C@@]1(C)C=C[C@]2(C)O1. The molecule has 4 nitrogen and oxygen atoms in total. The van der Waals surface area contributed by atoms with Gasteiger partial charge in [-0.05, 0) is 20.3 Å². The van der Waals surface area contributed by atoms with Crippen molar-refractivity contribution in [1.29, 1.82) is 0 Å². The van der Waals surface area contributed by atoms with Crippen molar-refractivity contribution in [3.63, 3.8) is 0 Å². The molecule has 0 aromatic heterocycles. The van der Waals surface area contributed by atoms with E-state index in [-0.39, 0.29) is 23.7 Å². The Labute approximate surface area is 107 Å². The van der Waals surface area contributed by atoms with E-state index in [4.69, 9.17) is 4.74 Å². The number of carbonyl (C=O) groups excluding carboxylic acids is 2. The Hall–Kier alpha value is -1.16. The van der Waals surface area contributed by atoms with Crippen molar-refractivity contribution in [3.05, 3.63) is 12.2 Å². The monoisotopic (exact) mass is 249 g/mol. The van der Waals surface area contributed by atoms with E-state index < -0.39 is 11.2 Å². The fourth-order valence-corrected chi connectivity index (χ4v) is 3.63. The number of fused-ring (bicyclic) bond motifs is 5. The summed E-state index contributed by atoms with van der Waals surface area (Å²) >= 11 is 0. The maximum atomic E-state index is 12.4. The summed E-state index contributed by atoms with van der Waals surface area (Å²) in [5.41, 5.74) is -1.18. The number of nitrogens with zero attached hydrogens (tertiary/aromatic N) is 1. The summed E-state index contributed by atoms with van der Waals surface area (Å²) in [6.07, 6.45) is 5.75. The first-order valence-corrected chi connectivity index (χ1v) is 6.69. The van der Waals surface area contributed by atoms with Crippen LogP contribution in [0.5, 0.6) is 0 Å². The average Bonchev–Trinajstić information content (AvgIpc) is 2.84. The summed E-state index contributed by atoms with van der Waals surface area (Å²) in [5.74, 6) is -0.739. The molecule has 2 amide bonds. The Morgan fingerprint density at radius 3 is 2.11 bits per heavy atom. The highest BCUT2D eigenvalue weighted by Crippen LogP contribution is 2.56. The molecule has 3 aliphatic rings. The van der Waals surface area contributed by atoms with E-state index in [1.165, 1.54) is 4.90 Å². The summed E-state index contributed by atoms with van der Waals surface area (Å²) in [6.45, 7) is 6.43. The highest BCUT2D eigenvalue weighted by molar-refractivity contribution is 6.07. The first kappa shape index (κ1) is 11.9. The number of ether oxygens (including phenoxy) is 1. The molecule has 3 aliphatic heterocycles. The van der Waals surface area contributed by atoms with Crippen LogP contribution in [-0.4, -0.2) is 34.5 Å². The normalized spacial score (nSPS) is 45.2. The van der Waals surface area contributed by atoms with E-state index in [0.717, 1.165) is 12.8 Å². The Morgan fingerprint density at radius 2 is 1.67 bits per heavy atom. The average molecular weight is 249 g/mol. The second kappa shape index (κ2) is 3.44. The molecule has 2 bridgehead atoms. The van der Waals surface area contributed by atoms with Crippen molar-refractivity contribution < 1.29 is 14.3 Å². The number of rotatable bonds is 3. The first-order chi connectivity index (χ1) is 8.43. The van der Waals surface area contributed by atoms with E-state index in [1.807, 2.05) is 26.0 Å². The van der Waals surface area contributed by atoms with Gasteiger partial charge in [-0.2, -0.15) is 0 Å². The minimum atomic E-state index is -0.590. The molecule has 0 unspecified atom stereocenters. The van der Waals surface area contributed by atoms with E-state index in [2.05, 4.69) is 6.92 Å². The van der Waals surface area contributed by atoms with Crippen molar-refractivity contribution in [3.8, 4) is 0 Å². The predicted octanol–water partition coefficient (Wildman–Crippen LogP) is 1.51. The lowest BCUT2D eigenvalue weighted by atomic mass is 9.73. The van der Waals surface area contributed by atoms with Gasteiger partial charge in [0.15, 0.2) is 0 Å². The van der Waals surface area contributed by atoms with Gasteiger partial charge < -0.3 is 4.74 Å². The molecular formula is C14H19NO3. The van der Waals surface area contributed by atoms with Crippen molar-refractivity contribution in [2.75, 3.05) is 6.54 Å². The molecule has 0 N–H and O–H groups in total. The lowest BCUT2D eigenvalue weighted by Crippen LogP contribution is -2.39. The van der Waals surface area contributed by atoms with Crippen LogP contribution < -0.4 is 0 Å². The van der Waals surface area contributed by atoms with Crippen molar-refractivity contribution >= 4 is 11.8 Å². The van der Waals surface area contributed by atoms with Gasteiger partial charge in [-0.1, -0.05) is 25.5 Å². The van der Waals surface area contributed by atoms with E-state index >= 15 is 0 Å². The van der Waals surface area contributed by atoms with Gasteiger partial charge in [0.1, 0.15) is 0 Å². The van der Waals surface area contributed by atoms with Crippen LogP contribution in [0.3, 0.4) is 0 Å². The van der Waals surface area contributed by atoms with Crippen LogP contribution in [0, 0.1) is 11.8 Å². The van der Waals surface area contributed by atoms with Gasteiger partial charge in [-0.15, -0.1) is 0 Å². The third-order valence-electron chi connectivity index (χ3n) is 4.55. The second-order valence-electron chi connectivity index (χ2n) is 5.94. The van der Waals surface area contributed by atoms with Crippen LogP contribution >= 0.6 is 0 Å². The largest absolute Gasteiger partial charge is 0.359 e. The predicted molar refractivity (Wildman–Crippen MR) is 65.6 cm³/mol. The Kier molecular flexibility index (Phi) is 2.28. The van der Waals surface area contributed by atoms with Crippen molar-refractivity contribution in [2.24, 2.45) is 11.8 Å². The third kappa shape index (κ3) is 1.24. The van der Waals surface area contributed by atoms with E-state index in [9.17, 15) is 9.59 Å². The van der Waals surface area contributed by atoms with Gasteiger partial charge in [0.05, 0.1) is 23.0 Å². The van der Waals surface area contributed by atoms with Gasteiger partial charge in [0, 0.05) is 6.54 Å². The van der Waals surface area contributed by atoms with Gasteiger partial charge >= 0.3 is 0 Å². The van der Waals surface area contributed by atoms with Crippen LogP contribution in [0.2, 0.25) is 0 Å². The molecule has 3 heterocycles. The lowest BCUT2D eigenvalue weighted by molar-refractivity contribution is -0.146. The molecule has 0 saturated carbocycles. The molecule has 0 spiro atoms. The molecule has 3 rings (SSSR count). The van der Waals surface area contributed by atoms with Crippen LogP contribution in [0.1, 0.15) is 33.6 Å². The minimum absolute atomic E-state index is 0.0472. The molecule has 0 aliphatic carbocycles. The Balaban J connectivity index is 1.95. The van der Waals surface area contributed by atoms with Crippen molar-refractivity contribution in [1.82, 2.24) is 4.90 Å². The smallest absolute Gasteiger partial charge is 0.236 e. The zero-order valence-corrected chi connectivity index (χ0v) is 11.1. The second-order valence-corrected chi connectivity index (χ2v) is 5.94. The lowest BCUT2D eigenvalue weighted by Gasteiger charge is -2.25. The molecule has 0 aromatic rings. The number of amides is 2. The van der Waals surface area contributed by atoms with Gasteiger partial charge in [0.25, 0.3) is 0 Å². The Morgan fingerprint density at radius 1 is 1.17 bits per heavy atom. The first-order valence-electron chi connectivity index (χ1n) is 6.69. The number of hydrogen-bond acceptors (Lipinski definition) is 3. The van der Waals surface area contributed by atoms with Crippen molar-refractivity contribution in [2.45, 2.75) is 44.8 Å². The van der Waals surface area contributed by atoms with Gasteiger partial charge in [-0.3, -0.25) is 14.5 Å². The summed E-state index contributed by atoms with van der Waals surface area (Å²) in [7, 11) is 0. The summed E-state index contributed by atoms with van der Waals surface area (Å²) in [5, 5.41) is 0. The number of imide groups is 1. The molecule has 0 radical (unpaired) electrons. The standard InChI is InChI=1S/C14H19NO3/c1-4-5-8-15-11(16)9-10(12(15)17)14(3)7-6-13(9,2)18-14/h6-7,9-10H,4-5,8H2,1-3H3/t9-,10+,13-,14+. The number of carbonyl (C=O) groups is 2. The van der Waals surface area contributed by atoms with E-state index in [1.54, 1.807) is 0 Å². The topological polar surface area (TPSA) is 46.6 Å². The third-order valence-corrected chi connectivity index (χ3v) is 4.55. The molecule has 2 fully saturated rings. The number of hydrogen-bond donors (Lipinski definition) is 0. The van der Waals surface area contributed by atoms with Crippen LogP contribution in [0.25, 0.3) is 0 Å². The number of likely N-dealkylation sites (tertiary alicyclic amines) is 1. The molecular weight excluding hydrogens is 230 g/mol. The summed E-state index contributed by atoms with van der Waals surface area (Å²) < 4.78 is 5.93. The molecule has 4 atom stereocenters. The molecule has 2 saturated heterocycles. The minimum Gasteiger partial charge on any atom is -0.359 e. The quantitative estimate of drug-likeness (QED) is 0.562. The fourth-order valence-electron chi connectivity index (χ4n) is 3.63. The highest BCUT2D eigenvalue weighted by atomic mass is 16.5. The maximum Gasteiger partial charge on any atom is 0.236 e. The van der Waals surface area contributed by atoms with Crippen LogP contribution in [0.15, 0.2) is 12.2 Å². The zero-order chi connectivity index (χ0) is 13.1. The highest BCUT2D eigenvalue weighted by Gasteiger charge is 2.70. The maximum absolute atomic E-state index is 12.4. The zero-order valence-electron chi connectivity index (χ0n) is 11.1. The molecule has 0 aromatic carbocycles. The van der Waals surface area contributed by atoms with Gasteiger partial charge in [0.2, 0.25) is 11.8 Å². The van der Waals surface area contributed by atoms with E-state index in [0.29, 0.717) is 6.54 Å². The Bertz CT molecular complexity index is 422. The molecule has 98 valence electrons. The molecule has 4 heteroatoms. The number of unbranched alkanes of at least 4 members (excludes halogenated alkanes) is 1. The summed E-state index contributed by atoms with van der Waals surface area (Å²) in [4.78, 5) is 26.3.